The second-order valence-electron chi connectivity index (χ2n) is 7.53. The van der Waals surface area contributed by atoms with Crippen LogP contribution in [0.25, 0.3) is 0 Å². The number of nitrogens with zero attached hydrogens (tertiary/aromatic N) is 2. The van der Waals surface area contributed by atoms with Gasteiger partial charge in [-0.25, -0.2) is 4.39 Å². The van der Waals surface area contributed by atoms with E-state index < -0.39 is 0 Å². The Morgan fingerprint density at radius 2 is 1.82 bits per heavy atom. The van der Waals surface area contributed by atoms with E-state index in [9.17, 15) is 9.18 Å². The Hall–Kier alpha value is -2.40. The van der Waals surface area contributed by atoms with Gasteiger partial charge in [0.25, 0.3) is 0 Å². The molecule has 3 rings (SSSR count). The van der Waals surface area contributed by atoms with Crippen LogP contribution in [0.5, 0.6) is 5.75 Å². The van der Waals surface area contributed by atoms with E-state index in [0.717, 1.165) is 43.0 Å². The Labute approximate surface area is 166 Å². The van der Waals surface area contributed by atoms with Crippen LogP contribution < -0.4 is 15.1 Å². The molecule has 1 aliphatic heterocycles. The number of piperazine rings is 1. The zero-order valence-corrected chi connectivity index (χ0v) is 17.0. The minimum Gasteiger partial charge on any atom is -0.490 e. The quantitative estimate of drug-likeness (QED) is 0.753. The molecule has 0 saturated carbocycles. The Kier molecular flexibility index (Phi) is 6.68. The molecule has 2 aromatic carbocycles. The van der Waals surface area contributed by atoms with E-state index >= 15 is 0 Å². The zero-order valence-electron chi connectivity index (χ0n) is 17.0. The van der Waals surface area contributed by atoms with Crippen LogP contribution in [-0.2, 0) is 6.54 Å². The highest BCUT2D eigenvalue weighted by Crippen LogP contribution is 2.20. The molecule has 0 amide bonds. The Morgan fingerprint density at radius 1 is 1.07 bits per heavy atom. The summed E-state index contributed by atoms with van der Waals surface area (Å²) in [6.07, 6.45) is 0. The molecule has 0 radical (unpaired) electrons. The second kappa shape index (κ2) is 9.20. The zero-order chi connectivity index (χ0) is 20.1. The molecule has 0 atom stereocenters. The molecular formula is C23H29FN2O2. The van der Waals surface area contributed by atoms with Crippen LogP contribution in [0.2, 0.25) is 0 Å². The summed E-state index contributed by atoms with van der Waals surface area (Å²) in [5, 5.41) is 0. The maximum absolute atomic E-state index is 13.5. The first-order chi connectivity index (χ1) is 13.5. The minimum atomic E-state index is -0.211. The highest BCUT2D eigenvalue weighted by molar-refractivity contribution is 5.47. The Morgan fingerprint density at radius 3 is 2.46 bits per heavy atom. The Balaban J connectivity index is 1.73. The molecule has 1 fully saturated rings. The van der Waals surface area contributed by atoms with Crippen molar-refractivity contribution in [1.29, 1.82) is 0 Å². The average molecular weight is 384 g/mol. The van der Waals surface area contributed by atoms with E-state index in [1.165, 1.54) is 6.07 Å². The van der Waals surface area contributed by atoms with Crippen LogP contribution in [0.3, 0.4) is 0 Å². The fourth-order valence-corrected chi connectivity index (χ4v) is 3.52. The molecule has 0 unspecified atom stereocenters. The van der Waals surface area contributed by atoms with Crippen LogP contribution in [0.4, 0.5) is 10.1 Å². The number of hydrogen-bond donors (Lipinski definition) is 0. The third-order valence-electron chi connectivity index (χ3n) is 5.20. The van der Waals surface area contributed by atoms with Crippen molar-refractivity contribution in [2.75, 3.05) is 37.7 Å². The van der Waals surface area contributed by atoms with Crippen LogP contribution in [0.15, 0.2) is 47.3 Å². The van der Waals surface area contributed by atoms with Crippen molar-refractivity contribution in [3.63, 3.8) is 0 Å². The molecule has 0 bridgehead atoms. The molecule has 1 saturated heterocycles. The average Bonchev–Trinajstić information content (AvgIpc) is 2.83. The van der Waals surface area contributed by atoms with E-state index in [1.54, 1.807) is 12.1 Å². The lowest BCUT2D eigenvalue weighted by molar-refractivity contribution is 0.248. The molecular weight excluding hydrogens is 355 g/mol. The SMILES string of the molecule is CCOc1cc(C(C)C)ccc(CN2CCN(c3cccc(F)c3)CC2)c1=O. The number of ether oxygens (including phenoxy) is 1. The molecule has 28 heavy (non-hydrogen) atoms. The summed E-state index contributed by atoms with van der Waals surface area (Å²) < 4.78 is 19.1. The molecule has 5 heteroatoms. The first kappa shape index (κ1) is 20.3. The predicted octanol–water partition coefficient (Wildman–Crippen LogP) is 4.03. The third-order valence-corrected chi connectivity index (χ3v) is 5.20. The van der Waals surface area contributed by atoms with Gasteiger partial charge in [0, 0.05) is 44.0 Å². The standard InChI is InChI=1S/C23H29FN2O2/c1-4-28-22-14-18(17(2)3)8-9-19(23(22)27)16-25-10-12-26(13-11-25)21-7-5-6-20(24)15-21/h5-9,14-15,17H,4,10-13,16H2,1-3H3. The topological polar surface area (TPSA) is 32.8 Å². The van der Waals surface area contributed by atoms with Gasteiger partial charge in [-0.2, -0.15) is 0 Å². The molecule has 4 nitrogen and oxygen atoms in total. The molecule has 2 aromatic rings. The Bertz CT molecular complexity index is 861. The van der Waals surface area contributed by atoms with Gasteiger partial charge < -0.3 is 9.64 Å². The van der Waals surface area contributed by atoms with Gasteiger partial charge in [-0.3, -0.25) is 9.69 Å². The van der Waals surface area contributed by atoms with Crippen molar-refractivity contribution >= 4 is 5.69 Å². The van der Waals surface area contributed by atoms with Crippen LogP contribution in [0.1, 0.15) is 37.8 Å². The number of halogens is 1. The van der Waals surface area contributed by atoms with Crippen LogP contribution >= 0.6 is 0 Å². The lowest BCUT2D eigenvalue weighted by Crippen LogP contribution is -2.46. The van der Waals surface area contributed by atoms with Crippen LogP contribution in [-0.4, -0.2) is 37.7 Å². The van der Waals surface area contributed by atoms with Crippen molar-refractivity contribution in [2.45, 2.75) is 33.2 Å². The molecule has 1 aliphatic rings. The lowest BCUT2D eigenvalue weighted by atomic mass is 10.1. The van der Waals surface area contributed by atoms with E-state index in [1.807, 2.05) is 31.2 Å². The molecule has 0 aromatic heterocycles. The largest absolute Gasteiger partial charge is 0.490 e. The molecule has 0 N–H and O–H groups in total. The maximum Gasteiger partial charge on any atom is 0.224 e. The first-order valence-corrected chi connectivity index (χ1v) is 10.0. The van der Waals surface area contributed by atoms with Crippen LogP contribution in [0, 0.1) is 5.82 Å². The lowest BCUT2D eigenvalue weighted by Gasteiger charge is -2.36. The summed E-state index contributed by atoms with van der Waals surface area (Å²) in [7, 11) is 0. The summed E-state index contributed by atoms with van der Waals surface area (Å²) in [5.74, 6) is 0.551. The van der Waals surface area contributed by atoms with Gasteiger partial charge >= 0.3 is 0 Å². The maximum atomic E-state index is 13.5. The van der Waals surface area contributed by atoms with Gasteiger partial charge in [-0.1, -0.05) is 32.0 Å². The minimum absolute atomic E-state index is 0.0266. The smallest absolute Gasteiger partial charge is 0.224 e. The summed E-state index contributed by atoms with van der Waals surface area (Å²) in [6, 6.07) is 12.6. The number of hydrogen-bond acceptors (Lipinski definition) is 4. The fourth-order valence-electron chi connectivity index (χ4n) is 3.52. The molecule has 150 valence electrons. The first-order valence-electron chi connectivity index (χ1n) is 10.0. The van der Waals surface area contributed by atoms with Crippen molar-refractivity contribution in [3.8, 4) is 5.75 Å². The van der Waals surface area contributed by atoms with E-state index in [2.05, 4.69) is 23.6 Å². The second-order valence-corrected chi connectivity index (χ2v) is 7.53. The predicted molar refractivity (Wildman–Crippen MR) is 112 cm³/mol. The van der Waals surface area contributed by atoms with E-state index in [4.69, 9.17) is 4.74 Å². The van der Waals surface area contributed by atoms with Gasteiger partial charge in [0.15, 0.2) is 5.75 Å². The molecule has 0 aliphatic carbocycles. The van der Waals surface area contributed by atoms with Gasteiger partial charge in [-0.15, -0.1) is 0 Å². The van der Waals surface area contributed by atoms with E-state index in [-0.39, 0.29) is 11.2 Å². The summed E-state index contributed by atoms with van der Waals surface area (Å²) in [6.45, 7) is 10.5. The molecule has 0 spiro atoms. The van der Waals surface area contributed by atoms with Gasteiger partial charge in [0.05, 0.1) is 6.61 Å². The van der Waals surface area contributed by atoms with Gasteiger partial charge in [-0.05, 0) is 42.7 Å². The third kappa shape index (κ3) is 4.90. The highest BCUT2D eigenvalue weighted by Gasteiger charge is 2.19. The number of anilines is 1. The summed E-state index contributed by atoms with van der Waals surface area (Å²) in [5.41, 5.74) is 2.74. The molecule has 1 heterocycles. The summed E-state index contributed by atoms with van der Waals surface area (Å²) in [4.78, 5) is 17.4. The van der Waals surface area contributed by atoms with Crippen molar-refractivity contribution in [1.82, 2.24) is 4.90 Å². The number of rotatable bonds is 6. The highest BCUT2D eigenvalue weighted by atomic mass is 19.1. The van der Waals surface area contributed by atoms with Crippen molar-refractivity contribution in [2.24, 2.45) is 0 Å². The fraction of sp³-hybridized carbons (Fsp3) is 0.435. The van der Waals surface area contributed by atoms with Crippen molar-refractivity contribution < 1.29 is 9.13 Å². The summed E-state index contributed by atoms with van der Waals surface area (Å²) >= 11 is 0. The van der Waals surface area contributed by atoms with Gasteiger partial charge in [0.1, 0.15) is 5.82 Å². The monoisotopic (exact) mass is 384 g/mol. The van der Waals surface area contributed by atoms with Crippen molar-refractivity contribution in [3.05, 3.63) is 69.6 Å². The normalized spacial score (nSPS) is 15.1. The van der Waals surface area contributed by atoms with E-state index in [0.29, 0.717) is 24.8 Å². The number of benzene rings is 1. The van der Waals surface area contributed by atoms with Gasteiger partial charge in [0.2, 0.25) is 5.43 Å².